The smallest absolute Gasteiger partial charge is 0.341 e. The van der Waals surface area contributed by atoms with Crippen LogP contribution in [-0.2, 0) is 22.5 Å². The van der Waals surface area contributed by atoms with Crippen molar-refractivity contribution in [2.75, 3.05) is 7.11 Å². The molecule has 0 aliphatic carbocycles. The van der Waals surface area contributed by atoms with Crippen LogP contribution in [-0.4, -0.2) is 19.0 Å². The van der Waals surface area contributed by atoms with Crippen molar-refractivity contribution in [2.24, 2.45) is 0 Å². The SMILES string of the molecule is COC(=O)c1cc(CNC(=O)Cc2coc3cc(C)c(C)cc23)oc1C. The number of fused-ring (bicyclic) bond motifs is 1. The summed E-state index contributed by atoms with van der Waals surface area (Å²) in [5.74, 6) is 0.353. The first-order valence-electron chi connectivity index (χ1n) is 8.30. The number of rotatable bonds is 5. The lowest BCUT2D eigenvalue weighted by Crippen LogP contribution is -2.24. The van der Waals surface area contributed by atoms with Crippen LogP contribution in [0.5, 0.6) is 0 Å². The van der Waals surface area contributed by atoms with Gasteiger partial charge in [-0.25, -0.2) is 4.79 Å². The minimum atomic E-state index is -0.459. The number of methoxy groups -OCH3 is 1. The van der Waals surface area contributed by atoms with E-state index >= 15 is 0 Å². The van der Waals surface area contributed by atoms with Gasteiger partial charge in [0.05, 0.1) is 26.3 Å². The molecule has 2 heterocycles. The normalized spacial score (nSPS) is 10.9. The van der Waals surface area contributed by atoms with Crippen molar-refractivity contribution in [1.82, 2.24) is 5.32 Å². The standard InChI is InChI=1S/C20H21NO5/c1-11-5-17-14(10-25-18(17)6-12(11)2)7-19(22)21-9-15-8-16(13(3)26-15)20(23)24-4/h5-6,8,10H,7,9H2,1-4H3,(H,21,22). The number of hydrogen-bond acceptors (Lipinski definition) is 5. The second-order valence-corrected chi connectivity index (χ2v) is 6.32. The second kappa shape index (κ2) is 7.07. The number of aryl methyl sites for hydroxylation is 3. The molecule has 0 spiro atoms. The minimum absolute atomic E-state index is 0.153. The molecule has 6 heteroatoms. The molecule has 0 saturated heterocycles. The molecule has 0 atom stereocenters. The summed E-state index contributed by atoms with van der Waals surface area (Å²) in [4.78, 5) is 23.9. The van der Waals surface area contributed by atoms with Crippen molar-refractivity contribution < 1.29 is 23.2 Å². The third kappa shape index (κ3) is 3.49. The van der Waals surface area contributed by atoms with Crippen LogP contribution in [0.2, 0.25) is 0 Å². The predicted octanol–water partition coefficient (Wildman–Crippen LogP) is 3.60. The number of nitrogens with one attached hydrogen (secondary N) is 1. The summed E-state index contributed by atoms with van der Waals surface area (Å²) in [6.45, 7) is 5.94. The van der Waals surface area contributed by atoms with Crippen LogP contribution >= 0.6 is 0 Å². The largest absolute Gasteiger partial charge is 0.465 e. The summed E-state index contributed by atoms with van der Waals surface area (Å²) in [7, 11) is 1.31. The van der Waals surface area contributed by atoms with E-state index in [1.807, 2.05) is 26.0 Å². The Balaban J connectivity index is 1.67. The van der Waals surface area contributed by atoms with Crippen molar-refractivity contribution in [1.29, 1.82) is 0 Å². The highest BCUT2D eigenvalue weighted by molar-refractivity contribution is 5.90. The zero-order valence-electron chi connectivity index (χ0n) is 15.3. The van der Waals surface area contributed by atoms with E-state index in [9.17, 15) is 9.59 Å². The molecule has 0 unspecified atom stereocenters. The molecular formula is C20H21NO5. The van der Waals surface area contributed by atoms with Gasteiger partial charge in [0.15, 0.2) is 0 Å². The molecule has 0 saturated carbocycles. The highest BCUT2D eigenvalue weighted by Crippen LogP contribution is 2.25. The van der Waals surface area contributed by atoms with Crippen LogP contribution in [0, 0.1) is 20.8 Å². The molecule has 3 rings (SSSR count). The number of benzene rings is 1. The molecule has 0 radical (unpaired) electrons. The number of ether oxygens (including phenoxy) is 1. The van der Waals surface area contributed by atoms with Gasteiger partial charge >= 0.3 is 5.97 Å². The van der Waals surface area contributed by atoms with E-state index in [2.05, 4.69) is 10.1 Å². The number of carbonyl (C=O) groups excluding carboxylic acids is 2. The molecule has 0 fully saturated rings. The van der Waals surface area contributed by atoms with Crippen LogP contribution < -0.4 is 5.32 Å². The minimum Gasteiger partial charge on any atom is -0.465 e. The highest BCUT2D eigenvalue weighted by atomic mass is 16.5. The Labute approximate surface area is 151 Å². The Morgan fingerprint density at radius 2 is 1.85 bits per heavy atom. The van der Waals surface area contributed by atoms with Crippen molar-refractivity contribution in [3.8, 4) is 0 Å². The number of esters is 1. The molecule has 136 valence electrons. The van der Waals surface area contributed by atoms with Crippen molar-refractivity contribution in [2.45, 2.75) is 33.7 Å². The lowest BCUT2D eigenvalue weighted by atomic mass is 10.0. The van der Waals surface area contributed by atoms with Gasteiger partial charge in [-0.15, -0.1) is 0 Å². The predicted molar refractivity (Wildman–Crippen MR) is 96.0 cm³/mol. The molecule has 2 aromatic heterocycles. The highest BCUT2D eigenvalue weighted by Gasteiger charge is 2.16. The fourth-order valence-electron chi connectivity index (χ4n) is 2.84. The van der Waals surface area contributed by atoms with Gasteiger partial charge in [0, 0.05) is 10.9 Å². The first-order valence-corrected chi connectivity index (χ1v) is 8.30. The lowest BCUT2D eigenvalue weighted by Gasteiger charge is -2.03. The van der Waals surface area contributed by atoms with Crippen molar-refractivity contribution >= 4 is 22.8 Å². The Bertz CT molecular complexity index is 980. The zero-order valence-corrected chi connectivity index (χ0v) is 15.3. The Kier molecular flexibility index (Phi) is 4.84. The molecule has 0 bridgehead atoms. The Morgan fingerprint density at radius 3 is 2.58 bits per heavy atom. The van der Waals surface area contributed by atoms with Crippen LogP contribution in [0.25, 0.3) is 11.0 Å². The van der Waals surface area contributed by atoms with Gasteiger partial charge in [0.25, 0.3) is 0 Å². The second-order valence-electron chi connectivity index (χ2n) is 6.32. The molecule has 26 heavy (non-hydrogen) atoms. The third-order valence-corrected chi connectivity index (χ3v) is 4.45. The Morgan fingerprint density at radius 1 is 1.12 bits per heavy atom. The summed E-state index contributed by atoms with van der Waals surface area (Å²) >= 11 is 0. The summed E-state index contributed by atoms with van der Waals surface area (Å²) in [6.07, 6.45) is 1.83. The topological polar surface area (TPSA) is 81.7 Å². The Hall–Kier alpha value is -3.02. The molecule has 1 amide bonds. The molecule has 3 aromatic rings. The molecule has 0 aliphatic heterocycles. The van der Waals surface area contributed by atoms with Crippen molar-refractivity contribution in [3.63, 3.8) is 0 Å². The quantitative estimate of drug-likeness (QED) is 0.707. The maximum atomic E-state index is 12.3. The van der Waals surface area contributed by atoms with E-state index in [1.54, 1.807) is 19.3 Å². The van der Waals surface area contributed by atoms with Crippen LogP contribution in [0.1, 0.15) is 38.6 Å². The van der Waals surface area contributed by atoms with Gasteiger partial charge in [0.2, 0.25) is 5.91 Å². The first-order chi connectivity index (χ1) is 12.4. The van der Waals surface area contributed by atoms with E-state index in [0.29, 0.717) is 17.1 Å². The first kappa shape index (κ1) is 17.8. The monoisotopic (exact) mass is 355 g/mol. The molecule has 0 aliphatic rings. The van der Waals surface area contributed by atoms with E-state index in [1.165, 1.54) is 7.11 Å². The number of furan rings is 2. The number of hydrogen-bond donors (Lipinski definition) is 1. The summed E-state index contributed by atoms with van der Waals surface area (Å²) < 4.78 is 15.7. The number of amides is 1. The van der Waals surface area contributed by atoms with E-state index in [-0.39, 0.29) is 18.9 Å². The van der Waals surface area contributed by atoms with E-state index in [0.717, 1.165) is 27.7 Å². The lowest BCUT2D eigenvalue weighted by molar-refractivity contribution is -0.120. The molecular weight excluding hydrogens is 334 g/mol. The van der Waals surface area contributed by atoms with E-state index in [4.69, 9.17) is 8.83 Å². The van der Waals surface area contributed by atoms with E-state index < -0.39 is 5.97 Å². The van der Waals surface area contributed by atoms with Crippen LogP contribution in [0.4, 0.5) is 0 Å². The van der Waals surface area contributed by atoms with Crippen LogP contribution in [0.3, 0.4) is 0 Å². The summed E-state index contributed by atoms with van der Waals surface area (Å²) in [5.41, 5.74) is 4.29. The average molecular weight is 355 g/mol. The fraction of sp³-hybridized carbons (Fsp3) is 0.300. The summed E-state index contributed by atoms with van der Waals surface area (Å²) in [6, 6.07) is 5.60. The van der Waals surface area contributed by atoms with Gasteiger partial charge in [-0.3, -0.25) is 4.79 Å². The van der Waals surface area contributed by atoms with Gasteiger partial charge in [-0.1, -0.05) is 0 Å². The van der Waals surface area contributed by atoms with Crippen LogP contribution in [0.15, 0.2) is 33.3 Å². The van der Waals surface area contributed by atoms with Crippen molar-refractivity contribution in [3.05, 3.63) is 58.2 Å². The maximum absolute atomic E-state index is 12.3. The van der Waals surface area contributed by atoms with Gasteiger partial charge < -0.3 is 18.9 Å². The van der Waals surface area contributed by atoms with Gasteiger partial charge in [0.1, 0.15) is 22.7 Å². The fourth-order valence-corrected chi connectivity index (χ4v) is 2.84. The molecule has 1 aromatic carbocycles. The number of carbonyl (C=O) groups is 2. The van der Waals surface area contributed by atoms with Gasteiger partial charge in [-0.2, -0.15) is 0 Å². The average Bonchev–Trinajstić information content (AvgIpc) is 3.16. The summed E-state index contributed by atoms with van der Waals surface area (Å²) in [5, 5.41) is 3.75. The molecule has 1 N–H and O–H groups in total. The third-order valence-electron chi connectivity index (χ3n) is 4.45. The molecule has 6 nitrogen and oxygen atoms in total. The van der Waals surface area contributed by atoms with Gasteiger partial charge in [-0.05, 0) is 50.1 Å². The zero-order chi connectivity index (χ0) is 18.8. The maximum Gasteiger partial charge on any atom is 0.341 e.